The molecule has 0 bridgehead atoms. The zero-order chi connectivity index (χ0) is 19.7. The van der Waals surface area contributed by atoms with Crippen LogP contribution in [0.2, 0.25) is 0 Å². The smallest absolute Gasteiger partial charge is 0.270 e. The van der Waals surface area contributed by atoms with Crippen LogP contribution in [0, 0.1) is 10.1 Å². The molecular formula is C15H23NO10. The highest BCUT2D eigenvalue weighted by molar-refractivity contribution is 5.43. The highest BCUT2D eigenvalue weighted by atomic mass is 17.2. The van der Waals surface area contributed by atoms with Crippen molar-refractivity contribution in [1.29, 1.82) is 0 Å². The van der Waals surface area contributed by atoms with Crippen LogP contribution in [0.1, 0.15) is 12.0 Å². The summed E-state index contributed by atoms with van der Waals surface area (Å²) in [5.74, 6) is 0.239. The van der Waals surface area contributed by atoms with Crippen LogP contribution in [0.4, 0.5) is 5.69 Å². The molecule has 4 N–H and O–H groups in total. The van der Waals surface area contributed by atoms with Gasteiger partial charge in [0, 0.05) is 31.2 Å². The van der Waals surface area contributed by atoms with Crippen LogP contribution in [-0.2, 0) is 21.1 Å². The van der Waals surface area contributed by atoms with E-state index in [1.807, 2.05) is 0 Å². The van der Waals surface area contributed by atoms with Crippen LogP contribution < -0.4 is 4.74 Å². The summed E-state index contributed by atoms with van der Waals surface area (Å²) in [7, 11) is 2.30. The number of nitro benzene ring substituents is 1. The van der Waals surface area contributed by atoms with Gasteiger partial charge >= 0.3 is 0 Å². The molecule has 1 aliphatic heterocycles. The minimum absolute atomic E-state index is 0.0285. The summed E-state index contributed by atoms with van der Waals surface area (Å²) in [5, 5.41) is 46.5. The average molecular weight is 377 g/mol. The number of non-ortho nitro benzene ring substituents is 1. The third kappa shape index (κ3) is 5.85. The van der Waals surface area contributed by atoms with Gasteiger partial charge in [-0.3, -0.25) is 10.1 Å². The van der Waals surface area contributed by atoms with Gasteiger partial charge < -0.3 is 29.9 Å². The molecule has 148 valence electrons. The number of aliphatic hydroxyl groups is 4. The van der Waals surface area contributed by atoms with Crippen molar-refractivity contribution in [2.45, 2.75) is 37.6 Å². The first kappa shape index (κ1) is 22.2. The molecule has 1 saturated heterocycles. The van der Waals surface area contributed by atoms with E-state index in [0.29, 0.717) is 5.56 Å². The standard InChI is InChI=1S/C14H19NO9.CH4O/c1-21-22-7-8-4-9(15(19)20)2-3-11(8)23-13-5-10(17)14(18)12(6-16)24-13;1-2/h2-4,10,12-14,16-18H,5-7H2,1H3;2H,1H3/t10-,12?,13-,14+;/m1./s1. The molecule has 1 aliphatic rings. The maximum absolute atomic E-state index is 10.9. The Balaban J connectivity index is 0.00000163. The fraction of sp³-hybridized carbons (Fsp3) is 0.600. The first-order chi connectivity index (χ1) is 12.5. The third-order valence-electron chi connectivity index (χ3n) is 3.56. The number of aliphatic hydroxyl groups excluding tert-OH is 4. The van der Waals surface area contributed by atoms with Crippen molar-refractivity contribution in [2.24, 2.45) is 0 Å². The molecule has 1 aromatic carbocycles. The Kier molecular flexibility index (Phi) is 9.37. The first-order valence-corrected chi connectivity index (χ1v) is 7.63. The van der Waals surface area contributed by atoms with Crippen LogP contribution in [-0.4, -0.2) is 70.8 Å². The third-order valence-corrected chi connectivity index (χ3v) is 3.56. The number of hydrogen-bond donors (Lipinski definition) is 4. The number of nitro groups is 1. The van der Waals surface area contributed by atoms with E-state index in [4.69, 9.17) is 24.6 Å². The minimum atomic E-state index is -1.22. The summed E-state index contributed by atoms with van der Waals surface area (Å²) in [6, 6.07) is 3.90. The number of hydrogen-bond acceptors (Lipinski definition) is 10. The Morgan fingerprint density at radius 2 is 2.04 bits per heavy atom. The van der Waals surface area contributed by atoms with Crippen LogP contribution in [0.3, 0.4) is 0 Å². The highest BCUT2D eigenvalue weighted by Crippen LogP contribution is 2.29. The van der Waals surface area contributed by atoms with Gasteiger partial charge in [-0.15, -0.1) is 0 Å². The van der Waals surface area contributed by atoms with Crippen LogP contribution in [0.15, 0.2) is 18.2 Å². The fourth-order valence-electron chi connectivity index (χ4n) is 2.31. The van der Waals surface area contributed by atoms with Crippen molar-refractivity contribution in [1.82, 2.24) is 0 Å². The lowest BCUT2D eigenvalue weighted by Crippen LogP contribution is -2.51. The monoisotopic (exact) mass is 377 g/mol. The van der Waals surface area contributed by atoms with Gasteiger partial charge in [0.15, 0.2) is 0 Å². The van der Waals surface area contributed by atoms with E-state index >= 15 is 0 Å². The number of nitrogens with zero attached hydrogens (tertiary/aromatic N) is 1. The molecule has 0 amide bonds. The maximum Gasteiger partial charge on any atom is 0.270 e. The van der Waals surface area contributed by atoms with E-state index in [1.54, 1.807) is 0 Å². The van der Waals surface area contributed by atoms with Crippen LogP contribution in [0.25, 0.3) is 0 Å². The zero-order valence-corrected chi connectivity index (χ0v) is 14.3. The molecule has 26 heavy (non-hydrogen) atoms. The molecule has 1 unspecified atom stereocenters. The zero-order valence-electron chi connectivity index (χ0n) is 14.3. The van der Waals surface area contributed by atoms with Crippen LogP contribution >= 0.6 is 0 Å². The quantitative estimate of drug-likeness (QED) is 0.277. The van der Waals surface area contributed by atoms with Gasteiger partial charge in [-0.2, -0.15) is 0 Å². The van der Waals surface area contributed by atoms with Crippen molar-refractivity contribution in [2.75, 3.05) is 20.8 Å². The van der Waals surface area contributed by atoms with Gasteiger partial charge in [0.1, 0.15) is 24.6 Å². The molecule has 1 aromatic rings. The number of benzene rings is 1. The molecule has 0 aromatic heterocycles. The lowest BCUT2D eigenvalue weighted by Gasteiger charge is -2.36. The molecule has 0 spiro atoms. The van der Waals surface area contributed by atoms with Crippen molar-refractivity contribution in [3.63, 3.8) is 0 Å². The van der Waals surface area contributed by atoms with E-state index in [-0.39, 0.29) is 24.5 Å². The van der Waals surface area contributed by atoms with Gasteiger partial charge in [-0.25, -0.2) is 9.78 Å². The molecule has 1 heterocycles. The van der Waals surface area contributed by atoms with Crippen molar-refractivity contribution in [3.8, 4) is 5.75 Å². The lowest BCUT2D eigenvalue weighted by atomic mass is 10.0. The molecule has 1 fully saturated rings. The van der Waals surface area contributed by atoms with E-state index in [0.717, 1.165) is 7.11 Å². The Morgan fingerprint density at radius 1 is 1.35 bits per heavy atom. The predicted octanol–water partition coefficient (Wildman–Crippen LogP) is -0.511. The second kappa shape index (κ2) is 11.0. The highest BCUT2D eigenvalue weighted by Gasteiger charge is 2.37. The van der Waals surface area contributed by atoms with E-state index in [1.165, 1.54) is 25.3 Å². The maximum atomic E-state index is 10.9. The van der Waals surface area contributed by atoms with Gasteiger partial charge in [0.25, 0.3) is 5.69 Å². The van der Waals surface area contributed by atoms with E-state index in [2.05, 4.69) is 4.89 Å². The van der Waals surface area contributed by atoms with Crippen LogP contribution in [0.5, 0.6) is 5.75 Å². The van der Waals surface area contributed by atoms with Crippen molar-refractivity contribution in [3.05, 3.63) is 33.9 Å². The summed E-state index contributed by atoms with van der Waals surface area (Å²) in [4.78, 5) is 19.6. The summed E-state index contributed by atoms with van der Waals surface area (Å²) in [6.45, 7) is -0.590. The molecule has 11 heteroatoms. The number of rotatable bonds is 7. The Labute approximate surface area is 149 Å². The lowest BCUT2D eigenvalue weighted by molar-refractivity contribution is -0.385. The van der Waals surface area contributed by atoms with Gasteiger partial charge in [-0.05, 0) is 6.07 Å². The molecule has 2 rings (SSSR count). The second-order valence-corrected chi connectivity index (χ2v) is 5.18. The molecule has 0 aliphatic carbocycles. The summed E-state index contributed by atoms with van der Waals surface area (Å²) >= 11 is 0. The fourth-order valence-corrected chi connectivity index (χ4v) is 2.31. The summed E-state index contributed by atoms with van der Waals surface area (Å²) in [5.41, 5.74) is 0.195. The van der Waals surface area contributed by atoms with Crippen molar-refractivity contribution >= 4 is 5.69 Å². The molecule has 0 saturated carbocycles. The number of ether oxygens (including phenoxy) is 2. The van der Waals surface area contributed by atoms with E-state index in [9.17, 15) is 20.3 Å². The largest absolute Gasteiger partial charge is 0.464 e. The Morgan fingerprint density at radius 3 is 2.62 bits per heavy atom. The molecular weight excluding hydrogens is 354 g/mol. The first-order valence-electron chi connectivity index (χ1n) is 7.63. The molecule has 4 atom stereocenters. The Hall–Kier alpha value is -1.86. The topological polar surface area (TPSA) is 161 Å². The second-order valence-electron chi connectivity index (χ2n) is 5.18. The van der Waals surface area contributed by atoms with Gasteiger partial charge in [0.05, 0.1) is 24.7 Å². The van der Waals surface area contributed by atoms with E-state index < -0.39 is 36.1 Å². The Bertz CT molecular complexity index is 569. The molecule has 11 nitrogen and oxygen atoms in total. The van der Waals surface area contributed by atoms with Gasteiger partial charge in [0.2, 0.25) is 6.29 Å². The summed E-state index contributed by atoms with van der Waals surface area (Å²) < 4.78 is 11.0. The summed E-state index contributed by atoms with van der Waals surface area (Å²) in [6.07, 6.45) is -4.31. The predicted molar refractivity (Wildman–Crippen MR) is 86.0 cm³/mol. The van der Waals surface area contributed by atoms with Gasteiger partial charge in [-0.1, -0.05) is 0 Å². The normalized spacial score (nSPS) is 25.2. The van der Waals surface area contributed by atoms with Crippen molar-refractivity contribution < 1.29 is 44.6 Å². The average Bonchev–Trinajstić information content (AvgIpc) is 2.65. The minimum Gasteiger partial charge on any atom is -0.464 e. The molecule has 0 radical (unpaired) electrons. The SMILES string of the molecule is CO.COOCc1cc([N+](=O)[O-])ccc1O[C@H]1C[C@@H](O)[C@H](O)C(CO)O1.